The average Bonchev–Trinajstić information content (AvgIpc) is 3.22. The Bertz CT molecular complexity index is 1520. The SMILES string of the molecule is CCc1ccc(OCC(O)Cn2c(N/N=C/c3cc(Br)ccc3O)nc3c2c(=O)[nH]c(=O)n3C)cc1. The highest BCUT2D eigenvalue weighted by Crippen LogP contribution is 2.21. The van der Waals surface area contributed by atoms with Crippen molar-refractivity contribution in [3.05, 3.63) is 78.9 Å². The van der Waals surface area contributed by atoms with Crippen molar-refractivity contribution in [1.82, 2.24) is 19.1 Å². The zero-order valence-corrected chi connectivity index (χ0v) is 21.2. The molecule has 12 heteroatoms. The molecule has 0 bridgehead atoms. The van der Waals surface area contributed by atoms with Crippen LogP contribution in [0.25, 0.3) is 11.2 Å². The average molecular weight is 557 g/mol. The molecular formula is C24H25BrN6O5. The van der Waals surface area contributed by atoms with Crippen molar-refractivity contribution in [2.24, 2.45) is 12.1 Å². The molecule has 36 heavy (non-hydrogen) atoms. The van der Waals surface area contributed by atoms with Crippen molar-refractivity contribution in [3.63, 3.8) is 0 Å². The molecule has 0 fully saturated rings. The predicted molar refractivity (Wildman–Crippen MR) is 140 cm³/mol. The Hall–Kier alpha value is -3.90. The lowest BCUT2D eigenvalue weighted by Gasteiger charge is -2.15. The summed E-state index contributed by atoms with van der Waals surface area (Å²) in [6.07, 6.45) is 1.28. The number of aryl methyl sites for hydroxylation is 2. The van der Waals surface area contributed by atoms with E-state index < -0.39 is 17.4 Å². The van der Waals surface area contributed by atoms with Crippen LogP contribution in [0.5, 0.6) is 11.5 Å². The molecule has 0 saturated carbocycles. The second-order valence-electron chi connectivity index (χ2n) is 8.07. The molecule has 0 aliphatic rings. The van der Waals surface area contributed by atoms with Crippen LogP contribution in [-0.2, 0) is 20.0 Å². The van der Waals surface area contributed by atoms with Crippen molar-refractivity contribution in [2.45, 2.75) is 26.0 Å². The molecule has 4 rings (SSSR count). The summed E-state index contributed by atoms with van der Waals surface area (Å²) < 4.78 is 9.08. The molecule has 2 aromatic carbocycles. The van der Waals surface area contributed by atoms with E-state index in [4.69, 9.17) is 4.74 Å². The van der Waals surface area contributed by atoms with Gasteiger partial charge in [-0.1, -0.05) is 35.0 Å². The first-order chi connectivity index (χ1) is 17.3. The number of phenols is 1. The standard InChI is InChI=1S/C24H25BrN6O5/c1-3-14-4-7-18(8-5-14)36-13-17(32)12-31-20-21(30(2)24(35)28-22(20)34)27-23(31)29-26-11-15-10-16(25)6-9-19(15)33/h4-11,17,32-33H,3,12-13H2,1-2H3,(H,27,29)(H,28,34,35)/b26-11+. The highest BCUT2D eigenvalue weighted by Gasteiger charge is 2.20. The molecule has 0 spiro atoms. The highest BCUT2D eigenvalue weighted by atomic mass is 79.9. The summed E-state index contributed by atoms with van der Waals surface area (Å²) in [7, 11) is 1.48. The number of benzene rings is 2. The Morgan fingerprint density at radius 3 is 2.72 bits per heavy atom. The van der Waals surface area contributed by atoms with Crippen LogP contribution < -0.4 is 21.4 Å². The van der Waals surface area contributed by atoms with Gasteiger partial charge in [0, 0.05) is 17.1 Å². The fourth-order valence-corrected chi connectivity index (χ4v) is 3.94. The number of ether oxygens (including phenoxy) is 1. The zero-order valence-electron chi connectivity index (χ0n) is 19.6. The lowest BCUT2D eigenvalue weighted by molar-refractivity contribution is 0.0938. The van der Waals surface area contributed by atoms with E-state index in [9.17, 15) is 19.8 Å². The van der Waals surface area contributed by atoms with Crippen LogP contribution in [0.15, 0.2) is 61.6 Å². The lowest BCUT2D eigenvalue weighted by Crippen LogP contribution is -2.30. The number of aliphatic hydroxyl groups is 1. The molecule has 1 atom stereocenters. The highest BCUT2D eigenvalue weighted by molar-refractivity contribution is 9.10. The molecule has 4 N–H and O–H groups in total. The molecule has 188 valence electrons. The van der Waals surface area contributed by atoms with Gasteiger partial charge in [0.25, 0.3) is 5.56 Å². The molecule has 0 aliphatic heterocycles. The first-order valence-corrected chi connectivity index (χ1v) is 11.9. The minimum atomic E-state index is -1.01. The molecule has 2 heterocycles. The number of hydrogen-bond acceptors (Lipinski definition) is 8. The number of nitrogens with one attached hydrogen (secondary N) is 2. The fraction of sp³-hybridized carbons (Fsp3) is 0.250. The maximum absolute atomic E-state index is 12.6. The predicted octanol–water partition coefficient (Wildman–Crippen LogP) is 2.34. The minimum absolute atomic E-state index is 0.0237. The fourth-order valence-electron chi connectivity index (χ4n) is 3.56. The number of hydrazone groups is 1. The van der Waals surface area contributed by atoms with Crippen molar-refractivity contribution < 1.29 is 14.9 Å². The van der Waals surface area contributed by atoms with Crippen LogP contribution in [0.3, 0.4) is 0 Å². The van der Waals surface area contributed by atoms with Gasteiger partial charge in [-0.15, -0.1) is 0 Å². The first-order valence-electron chi connectivity index (χ1n) is 11.1. The van der Waals surface area contributed by atoms with Gasteiger partial charge in [-0.25, -0.2) is 10.2 Å². The molecule has 2 aromatic heterocycles. The third-order valence-corrected chi connectivity index (χ3v) is 6.03. The van der Waals surface area contributed by atoms with Gasteiger partial charge < -0.3 is 19.5 Å². The molecule has 11 nitrogen and oxygen atoms in total. The quantitative estimate of drug-likeness (QED) is 0.183. The van der Waals surface area contributed by atoms with E-state index in [2.05, 4.69) is 43.3 Å². The van der Waals surface area contributed by atoms with Crippen LogP contribution in [-0.4, -0.2) is 48.2 Å². The maximum Gasteiger partial charge on any atom is 0.329 e. The minimum Gasteiger partial charge on any atom is -0.507 e. The Balaban J connectivity index is 1.60. The molecule has 0 radical (unpaired) electrons. The van der Waals surface area contributed by atoms with E-state index in [0.29, 0.717) is 11.3 Å². The van der Waals surface area contributed by atoms with Gasteiger partial charge in [0.2, 0.25) is 5.95 Å². The van der Waals surface area contributed by atoms with E-state index in [1.165, 1.54) is 34.0 Å². The Morgan fingerprint density at radius 1 is 1.25 bits per heavy atom. The Morgan fingerprint density at radius 2 is 2.00 bits per heavy atom. The number of hydrogen-bond donors (Lipinski definition) is 4. The number of fused-ring (bicyclic) bond motifs is 1. The summed E-state index contributed by atoms with van der Waals surface area (Å²) in [5, 5.41) is 24.8. The third-order valence-electron chi connectivity index (χ3n) is 5.53. The summed E-state index contributed by atoms with van der Waals surface area (Å²) in [6.45, 7) is 1.96. The summed E-state index contributed by atoms with van der Waals surface area (Å²) in [5.41, 5.74) is 3.29. The van der Waals surface area contributed by atoms with Crippen LogP contribution in [0, 0.1) is 0 Å². The lowest BCUT2D eigenvalue weighted by atomic mass is 10.2. The molecule has 4 aromatic rings. The summed E-state index contributed by atoms with van der Waals surface area (Å²) in [4.78, 5) is 31.3. The number of halogens is 1. The molecule has 0 aliphatic carbocycles. The van der Waals surface area contributed by atoms with E-state index in [1.807, 2.05) is 24.3 Å². The first kappa shape index (κ1) is 25.2. The topological polar surface area (TPSA) is 147 Å². The van der Waals surface area contributed by atoms with Crippen LogP contribution in [0.1, 0.15) is 18.1 Å². The van der Waals surface area contributed by atoms with E-state index >= 15 is 0 Å². The van der Waals surface area contributed by atoms with Gasteiger partial charge in [0.05, 0.1) is 12.8 Å². The number of phenolic OH excluding ortho intramolecular Hbond substituents is 1. The molecule has 0 amide bonds. The maximum atomic E-state index is 12.6. The van der Waals surface area contributed by atoms with Gasteiger partial charge in [-0.3, -0.25) is 14.3 Å². The Labute approximate surface area is 213 Å². The smallest absolute Gasteiger partial charge is 0.329 e. The summed E-state index contributed by atoms with van der Waals surface area (Å²) >= 11 is 3.34. The number of anilines is 1. The second-order valence-corrected chi connectivity index (χ2v) is 8.99. The number of nitrogens with zero attached hydrogens (tertiary/aromatic N) is 4. The van der Waals surface area contributed by atoms with Gasteiger partial charge in [-0.2, -0.15) is 10.1 Å². The zero-order chi connectivity index (χ0) is 25.8. The number of aromatic amines is 1. The van der Waals surface area contributed by atoms with Gasteiger partial charge >= 0.3 is 5.69 Å². The number of aliphatic hydroxyl groups excluding tert-OH is 1. The van der Waals surface area contributed by atoms with Crippen molar-refractivity contribution in [2.75, 3.05) is 12.0 Å². The summed E-state index contributed by atoms with van der Waals surface area (Å²) in [6, 6.07) is 12.4. The van der Waals surface area contributed by atoms with Crippen molar-refractivity contribution in [3.8, 4) is 11.5 Å². The van der Waals surface area contributed by atoms with Gasteiger partial charge in [0.1, 0.15) is 24.2 Å². The number of aromatic hydroxyl groups is 1. The molecular weight excluding hydrogens is 532 g/mol. The number of imidazole rings is 1. The largest absolute Gasteiger partial charge is 0.507 e. The normalized spacial score (nSPS) is 12.3. The van der Waals surface area contributed by atoms with E-state index in [0.717, 1.165) is 10.9 Å². The van der Waals surface area contributed by atoms with Crippen LogP contribution in [0.4, 0.5) is 5.95 Å². The van der Waals surface area contributed by atoms with E-state index in [-0.39, 0.29) is 36.0 Å². The van der Waals surface area contributed by atoms with Gasteiger partial charge in [-0.05, 0) is 42.3 Å². The van der Waals surface area contributed by atoms with Crippen LogP contribution >= 0.6 is 15.9 Å². The second kappa shape index (κ2) is 10.8. The number of aromatic nitrogens is 4. The number of H-pyrrole nitrogens is 1. The van der Waals surface area contributed by atoms with Crippen molar-refractivity contribution in [1.29, 1.82) is 0 Å². The van der Waals surface area contributed by atoms with Gasteiger partial charge in [0.15, 0.2) is 11.2 Å². The number of rotatable bonds is 9. The Kier molecular flexibility index (Phi) is 7.55. The van der Waals surface area contributed by atoms with Crippen LogP contribution in [0.2, 0.25) is 0 Å². The third kappa shape index (κ3) is 5.50. The van der Waals surface area contributed by atoms with Crippen molar-refractivity contribution >= 4 is 39.3 Å². The summed E-state index contributed by atoms with van der Waals surface area (Å²) in [5.74, 6) is 0.753. The van der Waals surface area contributed by atoms with E-state index in [1.54, 1.807) is 12.1 Å². The molecule has 0 saturated heterocycles. The molecule has 1 unspecified atom stereocenters. The monoisotopic (exact) mass is 556 g/mol.